The molecule has 5 nitrogen and oxygen atoms in total. The Balaban J connectivity index is 1.99. The predicted octanol–water partition coefficient (Wildman–Crippen LogP) is 2.43. The lowest BCUT2D eigenvalue weighted by Gasteiger charge is -2.34. The van der Waals surface area contributed by atoms with Crippen LogP contribution >= 0.6 is 0 Å². The van der Waals surface area contributed by atoms with Crippen LogP contribution in [0.25, 0.3) is 0 Å². The zero-order chi connectivity index (χ0) is 16.4. The van der Waals surface area contributed by atoms with Crippen LogP contribution in [-0.2, 0) is 9.84 Å². The number of amides is 2. The number of hydrogen-bond donors (Lipinski definition) is 1. The van der Waals surface area contributed by atoms with E-state index < -0.39 is 15.1 Å². The molecule has 1 fully saturated rings. The van der Waals surface area contributed by atoms with Crippen LogP contribution in [0.4, 0.5) is 4.79 Å². The highest BCUT2D eigenvalue weighted by Gasteiger charge is 2.33. The molecule has 1 saturated heterocycles. The summed E-state index contributed by atoms with van der Waals surface area (Å²) in [5, 5.41) is 2.50. The molecule has 2 rings (SSSR count). The largest absolute Gasteiger partial charge is 0.333 e. The van der Waals surface area contributed by atoms with Crippen LogP contribution in [0.3, 0.4) is 0 Å². The van der Waals surface area contributed by atoms with Crippen molar-refractivity contribution >= 4 is 15.9 Å². The Kier molecular flexibility index (Phi) is 4.80. The van der Waals surface area contributed by atoms with Gasteiger partial charge in [0.2, 0.25) is 0 Å². The number of rotatable bonds is 2. The van der Waals surface area contributed by atoms with Gasteiger partial charge in [-0.05, 0) is 45.7 Å². The molecular weight excluding hydrogens is 300 g/mol. The molecule has 0 radical (unpaired) electrons. The molecule has 0 atom stereocenters. The average molecular weight is 324 g/mol. The number of likely N-dealkylation sites (tertiary alicyclic amines) is 1. The van der Waals surface area contributed by atoms with Crippen LogP contribution in [0.2, 0.25) is 0 Å². The van der Waals surface area contributed by atoms with Crippen molar-refractivity contribution < 1.29 is 13.2 Å². The normalized spacial score (nSPS) is 17.3. The quantitative estimate of drug-likeness (QED) is 0.908. The van der Waals surface area contributed by atoms with Crippen molar-refractivity contribution in [2.45, 2.75) is 49.3 Å². The number of nitrogens with one attached hydrogen (secondary N) is 1. The molecule has 1 aromatic carbocycles. The molecule has 22 heavy (non-hydrogen) atoms. The Labute approximate surface area is 132 Å². The highest BCUT2D eigenvalue weighted by Crippen LogP contribution is 2.24. The number of urea groups is 1. The second-order valence-corrected chi connectivity index (χ2v) is 8.95. The molecule has 1 aliphatic rings. The third kappa shape index (κ3) is 4.00. The van der Waals surface area contributed by atoms with E-state index in [9.17, 15) is 13.2 Å². The van der Waals surface area contributed by atoms with Crippen molar-refractivity contribution in [2.24, 2.45) is 0 Å². The van der Waals surface area contributed by atoms with Gasteiger partial charge in [-0.15, -0.1) is 0 Å². The molecule has 2 amide bonds. The minimum Gasteiger partial charge on any atom is -0.333 e. The van der Waals surface area contributed by atoms with Crippen molar-refractivity contribution in [3.05, 3.63) is 30.3 Å². The third-order valence-corrected chi connectivity index (χ3v) is 6.00. The summed E-state index contributed by atoms with van der Waals surface area (Å²) >= 11 is 0. The van der Waals surface area contributed by atoms with E-state index in [0.717, 1.165) is 0 Å². The Morgan fingerprint density at radius 1 is 1.14 bits per heavy atom. The molecule has 1 N–H and O–H groups in total. The van der Waals surface area contributed by atoms with Gasteiger partial charge >= 0.3 is 6.03 Å². The van der Waals surface area contributed by atoms with Crippen LogP contribution < -0.4 is 5.32 Å². The number of piperidine rings is 1. The number of sulfone groups is 1. The molecule has 0 unspecified atom stereocenters. The lowest BCUT2D eigenvalue weighted by atomic mass is 10.1. The van der Waals surface area contributed by atoms with Crippen LogP contribution in [0.1, 0.15) is 33.6 Å². The zero-order valence-electron chi connectivity index (χ0n) is 13.4. The third-order valence-electron chi connectivity index (χ3n) is 3.72. The van der Waals surface area contributed by atoms with Crippen molar-refractivity contribution in [1.82, 2.24) is 10.2 Å². The van der Waals surface area contributed by atoms with Gasteiger partial charge in [-0.2, -0.15) is 0 Å². The summed E-state index contributed by atoms with van der Waals surface area (Å²) in [5.74, 6) is 0. The van der Waals surface area contributed by atoms with Crippen molar-refractivity contribution in [3.63, 3.8) is 0 Å². The van der Waals surface area contributed by atoms with E-state index >= 15 is 0 Å². The molecule has 122 valence electrons. The van der Waals surface area contributed by atoms with Gasteiger partial charge in [-0.1, -0.05) is 18.2 Å². The van der Waals surface area contributed by atoms with Crippen LogP contribution in [0, 0.1) is 0 Å². The Hall–Kier alpha value is -1.56. The van der Waals surface area contributed by atoms with E-state index in [-0.39, 0.29) is 11.6 Å². The van der Waals surface area contributed by atoms with Gasteiger partial charge in [0, 0.05) is 18.6 Å². The van der Waals surface area contributed by atoms with E-state index in [1.165, 1.54) is 0 Å². The summed E-state index contributed by atoms with van der Waals surface area (Å²) in [5.41, 5.74) is -0.288. The van der Waals surface area contributed by atoms with Crippen LogP contribution in [0.15, 0.2) is 35.2 Å². The maximum atomic E-state index is 12.6. The molecule has 1 aromatic rings. The highest BCUT2D eigenvalue weighted by atomic mass is 32.2. The summed E-state index contributed by atoms with van der Waals surface area (Å²) in [6.07, 6.45) is 0.962. The number of hydrogen-bond acceptors (Lipinski definition) is 3. The summed E-state index contributed by atoms with van der Waals surface area (Å²) in [4.78, 5) is 14.2. The second-order valence-electron chi connectivity index (χ2n) is 6.72. The number of carbonyl (C=O) groups excluding carboxylic acids is 1. The smallest absolute Gasteiger partial charge is 0.317 e. The van der Waals surface area contributed by atoms with E-state index in [0.29, 0.717) is 30.8 Å². The standard InChI is InChI=1S/C16H24N2O3S/c1-16(2,3)17-15(19)18-11-9-14(10-12-18)22(20,21)13-7-5-4-6-8-13/h4-8,14H,9-12H2,1-3H3,(H,17,19). The molecular formula is C16H24N2O3S. The topological polar surface area (TPSA) is 66.5 Å². The number of carbonyl (C=O) groups is 1. The summed E-state index contributed by atoms with van der Waals surface area (Å²) in [6, 6.07) is 8.42. The van der Waals surface area contributed by atoms with Gasteiger partial charge in [-0.25, -0.2) is 13.2 Å². The lowest BCUT2D eigenvalue weighted by molar-refractivity contribution is 0.178. The number of nitrogens with zero attached hydrogens (tertiary/aromatic N) is 1. The van der Waals surface area contributed by atoms with Gasteiger partial charge in [0.25, 0.3) is 0 Å². The van der Waals surface area contributed by atoms with E-state index in [2.05, 4.69) is 5.32 Å². The monoisotopic (exact) mass is 324 g/mol. The maximum Gasteiger partial charge on any atom is 0.317 e. The summed E-state index contributed by atoms with van der Waals surface area (Å²) in [6.45, 7) is 6.73. The molecule has 1 aliphatic heterocycles. The van der Waals surface area contributed by atoms with Crippen molar-refractivity contribution in [2.75, 3.05) is 13.1 Å². The first-order chi connectivity index (χ1) is 10.2. The minimum atomic E-state index is -3.30. The molecule has 6 heteroatoms. The van der Waals surface area contributed by atoms with Gasteiger partial charge in [-0.3, -0.25) is 0 Å². The first kappa shape index (κ1) is 16.8. The Bertz CT molecular complexity index is 613. The summed E-state index contributed by atoms with van der Waals surface area (Å²) < 4.78 is 25.1. The molecule has 1 heterocycles. The summed E-state index contributed by atoms with van der Waals surface area (Å²) in [7, 11) is -3.30. The first-order valence-corrected chi connectivity index (χ1v) is 9.11. The van der Waals surface area contributed by atoms with E-state index in [1.807, 2.05) is 20.8 Å². The highest BCUT2D eigenvalue weighted by molar-refractivity contribution is 7.92. The van der Waals surface area contributed by atoms with Gasteiger partial charge in [0.15, 0.2) is 9.84 Å². The predicted molar refractivity (Wildman–Crippen MR) is 86.5 cm³/mol. The SMILES string of the molecule is CC(C)(C)NC(=O)N1CCC(S(=O)(=O)c2ccccc2)CC1. The zero-order valence-corrected chi connectivity index (χ0v) is 14.2. The number of benzene rings is 1. The molecule has 0 bridgehead atoms. The van der Waals surface area contributed by atoms with Gasteiger partial charge in [0.05, 0.1) is 10.1 Å². The van der Waals surface area contributed by atoms with Crippen molar-refractivity contribution in [1.29, 1.82) is 0 Å². The molecule has 0 aliphatic carbocycles. The first-order valence-electron chi connectivity index (χ1n) is 7.56. The fourth-order valence-corrected chi connectivity index (χ4v) is 4.32. The fraction of sp³-hybridized carbons (Fsp3) is 0.562. The van der Waals surface area contributed by atoms with Gasteiger partial charge in [0.1, 0.15) is 0 Å². The fourth-order valence-electron chi connectivity index (χ4n) is 2.57. The van der Waals surface area contributed by atoms with Crippen LogP contribution in [0.5, 0.6) is 0 Å². The Morgan fingerprint density at radius 3 is 2.18 bits per heavy atom. The maximum absolute atomic E-state index is 12.6. The molecule has 0 saturated carbocycles. The van der Waals surface area contributed by atoms with E-state index in [1.54, 1.807) is 35.2 Å². The van der Waals surface area contributed by atoms with Crippen LogP contribution in [-0.4, -0.2) is 43.2 Å². The average Bonchev–Trinajstić information content (AvgIpc) is 2.46. The minimum absolute atomic E-state index is 0.122. The molecule has 0 spiro atoms. The van der Waals surface area contributed by atoms with Gasteiger partial charge < -0.3 is 10.2 Å². The second kappa shape index (κ2) is 6.28. The van der Waals surface area contributed by atoms with E-state index in [4.69, 9.17) is 0 Å². The lowest BCUT2D eigenvalue weighted by Crippen LogP contribution is -2.51. The van der Waals surface area contributed by atoms with Crippen molar-refractivity contribution in [3.8, 4) is 0 Å². The molecule has 0 aromatic heterocycles. The Morgan fingerprint density at radius 2 is 1.68 bits per heavy atom.